The van der Waals surface area contributed by atoms with Crippen molar-refractivity contribution in [3.8, 4) is 5.75 Å². The lowest BCUT2D eigenvalue weighted by Crippen LogP contribution is -2.18. The Bertz CT molecular complexity index is 710. The molecular weight excluding hydrogens is 412 g/mol. The molecule has 0 aliphatic heterocycles. The van der Waals surface area contributed by atoms with Crippen LogP contribution in [-0.2, 0) is 4.84 Å². The quantitative estimate of drug-likeness (QED) is 0.560. The summed E-state index contributed by atoms with van der Waals surface area (Å²) in [7, 11) is 0. The first kappa shape index (κ1) is 17.0. The van der Waals surface area contributed by atoms with Crippen LogP contribution in [0.25, 0.3) is 0 Å². The van der Waals surface area contributed by atoms with Crippen molar-refractivity contribution in [3.63, 3.8) is 0 Å². The molecule has 0 atom stereocenters. The van der Waals surface area contributed by atoms with Gasteiger partial charge in [-0.1, -0.05) is 21.1 Å². The Balaban J connectivity index is 2.61. The molecule has 1 aromatic heterocycles. The number of hydrogen-bond donors (Lipinski definition) is 1. The molecule has 1 heterocycles. The average molecular weight is 428 g/mol. The SMILES string of the molecule is CC(C)(C)ON=C(c1cc(Br)ccc1O)c1ncccc1Br. The number of nitrogens with zero attached hydrogens (tertiary/aromatic N) is 2. The number of phenolic OH excluding ortho intramolecular Hbond substituents is 1. The highest BCUT2D eigenvalue weighted by atomic mass is 79.9. The van der Waals surface area contributed by atoms with Gasteiger partial charge in [0.2, 0.25) is 0 Å². The van der Waals surface area contributed by atoms with Gasteiger partial charge in [0, 0.05) is 20.7 Å². The molecule has 0 unspecified atom stereocenters. The molecule has 0 saturated carbocycles. The van der Waals surface area contributed by atoms with Gasteiger partial charge in [0.25, 0.3) is 0 Å². The van der Waals surface area contributed by atoms with Crippen LogP contribution >= 0.6 is 31.9 Å². The molecule has 22 heavy (non-hydrogen) atoms. The zero-order valence-corrected chi connectivity index (χ0v) is 15.6. The molecule has 4 nitrogen and oxygen atoms in total. The van der Waals surface area contributed by atoms with E-state index in [-0.39, 0.29) is 5.75 Å². The van der Waals surface area contributed by atoms with E-state index in [0.717, 1.165) is 8.95 Å². The van der Waals surface area contributed by atoms with Crippen molar-refractivity contribution in [1.82, 2.24) is 4.98 Å². The third kappa shape index (κ3) is 4.30. The summed E-state index contributed by atoms with van der Waals surface area (Å²) < 4.78 is 1.60. The summed E-state index contributed by atoms with van der Waals surface area (Å²) in [5.74, 6) is 0.108. The zero-order valence-electron chi connectivity index (χ0n) is 12.5. The fourth-order valence-electron chi connectivity index (χ4n) is 1.66. The van der Waals surface area contributed by atoms with Gasteiger partial charge in [-0.3, -0.25) is 4.98 Å². The number of halogens is 2. The van der Waals surface area contributed by atoms with E-state index in [1.54, 1.807) is 24.4 Å². The molecule has 116 valence electrons. The summed E-state index contributed by atoms with van der Waals surface area (Å²) in [6.45, 7) is 5.72. The van der Waals surface area contributed by atoms with Crippen molar-refractivity contribution in [2.45, 2.75) is 26.4 Å². The van der Waals surface area contributed by atoms with Gasteiger partial charge in [0.1, 0.15) is 22.8 Å². The van der Waals surface area contributed by atoms with Crippen molar-refractivity contribution >= 4 is 37.6 Å². The molecule has 1 aromatic carbocycles. The monoisotopic (exact) mass is 426 g/mol. The fourth-order valence-corrected chi connectivity index (χ4v) is 2.46. The third-order valence-corrected chi connectivity index (χ3v) is 3.74. The smallest absolute Gasteiger partial charge is 0.140 e. The van der Waals surface area contributed by atoms with E-state index >= 15 is 0 Å². The van der Waals surface area contributed by atoms with E-state index in [4.69, 9.17) is 4.84 Å². The Morgan fingerprint density at radius 3 is 2.59 bits per heavy atom. The highest BCUT2D eigenvalue weighted by Crippen LogP contribution is 2.27. The van der Waals surface area contributed by atoms with Crippen molar-refractivity contribution in [2.24, 2.45) is 5.16 Å². The van der Waals surface area contributed by atoms with E-state index in [2.05, 4.69) is 42.0 Å². The van der Waals surface area contributed by atoms with Crippen molar-refractivity contribution < 1.29 is 9.94 Å². The number of aromatic hydroxyl groups is 1. The van der Waals surface area contributed by atoms with E-state index in [9.17, 15) is 5.11 Å². The topological polar surface area (TPSA) is 54.7 Å². The molecule has 0 aliphatic carbocycles. The second-order valence-electron chi connectivity index (χ2n) is 5.64. The van der Waals surface area contributed by atoms with E-state index in [1.165, 1.54) is 0 Å². The number of hydrogen-bond acceptors (Lipinski definition) is 4. The minimum Gasteiger partial charge on any atom is -0.507 e. The lowest BCUT2D eigenvalue weighted by Gasteiger charge is -2.17. The minimum atomic E-state index is -0.450. The maximum absolute atomic E-state index is 10.2. The summed E-state index contributed by atoms with van der Waals surface area (Å²) in [5, 5.41) is 14.4. The highest BCUT2D eigenvalue weighted by molar-refractivity contribution is 9.10. The number of phenols is 1. The standard InChI is InChI=1S/C16H16Br2N2O2/c1-16(2,3)22-20-14(15-12(18)5-4-8-19-15)11-9-10(17)6-7-13(11)21/h4-9,21H,1-3H3. The van der Waals surface area contributed by atoms with Crippen LogP contribution < -0.4 is 0 Å². The van der Waals surface area contributed by atoms with E-state index in [0.29, 0.717) is 17.0 Å². The van der Waals surface area contributed by atoms with Crippen molar-refractivity contribution in [3.05, 3.63) is 56.7 Å². The van der Waals surface area contributed by atoms with Gasteiger partial charge in [-0.2, -0.15) is 0 Å². The van der Waals surface area contributed by atoms with Crippen LogP contribution in [0.4, 0.5) is 0 Å². The van der Waals surface area contributed by atoms with Crippen LogP contribution in [0.5, 0.6) is 5.75 Å². The van der Waals surface area contributed by atoms with Crippen LogP contribution in [-0.4, -0.2) is 21.4 Å². The van der Waals surface area contributed by atoms with Gasteiger partial charge < -0.3 is 9.94 Å². The van der Waals surface area contributed by atoms with Crippen LogP contribution in [0.3, 0.4) is 0 Å². The molecule has 0 amide bonds. The Hall–Kier alpha value is -1.40. The largest absolute Gasteiger partial charge is 0.507 e. The maximum atomic E-state index is 10.2. The van der Waals surface area contributed by atoms with Crippen LogP contribution in [0.15, 0.2) is 50.6 Å². The average Bonchev–Trinajstić information content (AvgIpc) is 2.43. The van der Waals surface area contributed by atoms with Gasteiger partial charge in [-0.15, -0.1) is 0 Å². The zero-order chi connectivity index (χ0) is 16.3. The Labute approximate surface area is 146 Å². The second kappa shape index (κ2) is 6.79. The summed E-state index contributed by atoms with van der Waals surface area (Å²) in [4.78, 5) is 9.89. The third-order valence-electron chi connectivity index (χ3n) is 2.61. The molecule has 0 saturated heterocycles. The summed E-state index contributed by atoms with van der Waals surface area (Å²) in [5.41, 5.74) is 1.15. The normalized spacial score (nSPS) is 12.3. The number of oxime groups is 1. The maximum Gasteiger partial charge on any atom is 0.140 e. The Morgan fingerprint density at radius 1 is 1.23 bits per heavy atom. The lowest BCUT2D eigenvalue weighted by atomic mass is 10.1. The predicted octanol–water partition coefficient (Wildman–Crippen LogP) is 4.88. The molecule has 0 fully saturated rings. The first-order chi connectivity index (χ1) is 10.3. The molecular formula is C16H16Br2N2O2. The molecule has 0 aliphatic rings. The first-order valence-corrected chi connectivity index (χ1v) is 8.22. The Kier molecular flexibility index (Phi) is 5.24. The molecule has 1 N–H and O–H groups in total. The molecule has 0 radical (unpaired) electrons. The number of benzene rings is 1. The van der Waals surface area contributed by atoms with Gasteiger partial charge in [-0.05, 0) is 67.0 Å². The van der Waals surface area contributed by atoms with Crippen molar-refractivity contribution in [1.29, 1.82) is 0 Å². The van der Waals surface area contributed by atoms with Gasteiger partial charge >= 0.3 is 0 Å². The lowest BCUT2D eigenvalue weighted by molar-refractivity contribution is 0.00111. The fraction of sp³-hybridized carbons (Fsp3) is 0.250. The van der Waals surface area contributed by atoms with E-state index < -0.39 is 5.60 Å². The van der Waals surface area contributed by atoms with Crippen molar-refractivity contribution in [2.75, 3.05) is 0 Å². The second-order valence-corrected chi connectivity index (χ2v) is 7.41. The van der Waals surface area contributed by atoms with Crippen LogP contribution in [0, 0.1) is 0 Å². The summed E-state index contributed by atoms with van der Waals surface area (Å²) >= 11 is 6.87. The minimum absolute atomic E-state index is 0.108. The number of pyridine rings is 1. The van der Waals surface area contributed by atoms with Gasteiger partial charge in [0.15, 0.2) is 0 Å². The van der Waals surface area contributed by atoms with Gasteiger partial charge in [0.05, 0.1) is 0 Å². The number of rotatable bonds is 3. The van der Waals surface area contributed by atoms with Crippen LogP contribution in [0.2, 0.25) is 0 Å². The predicted molar refractivity (Wildman–Crippen MR) is 94.2 cm³/mol. The first-order valence-electron chi connectivity index (χ1n) is 6.64. The molecule has 2 rings (SSSR count). The Morgan fingerprint density at radius 2 is 1.95 bits per heavy atom. The van der Waals surface area contributed by atoms with E-state index in [1.807, 2.05) is 32.9 Å². The van der Waals surface area contributed by atoms with Gasteiger partial charge in [-0.25, -0.2) is 0 Å². The number of aromatic nitrogens is 1. The highest BCUT2D eigenvalue weighted by Gasteiger charge is 2.19. The summed E-state index contributed by atoms with van der Waals surface area (Å²) in [6, 6.07) is 8.82. The molecule has 2 aromatic rings. The summed E-state index contributed by atoms with van der Waals surface area (Å²) in [6.07, 6.45) is 1.67. The van der Waals surface area contributed by atoms with Crippen LogP contribution in [0.1, 0.15) is 32.0 Å². The molecule has 6 heteroatoms. The molecule has 0 spiro atoms. The molecule has 0 bridgehead atoms.